The van der Waals surface area contributed by atoms with Crippen molar-refractivity contribution in [2.24, 2.45) is 11.7 Å². The normalized spacial score (nSPS) is 17.7. The Morgan fingerprint density at radius 2 is 1.73 bits per heavy atom. The molecular formula is C30H35N3O4. The van der Waals surface area contributed by atoms with Gasteiger partial charge in [0, 0.05) is 31.6 Å². The second-order valence-corrected chi connectivity index (χ2v) is 9.99. The van der Waals surface area contributed by atoms with Gasteiger partial charge in [0.1, 0.15) is 23.4 Å². The predicted octanol–water partition coefficient (Wildman–Crippen LogP) is 4.96. The van der Waals surface area contributed by atoms with Crippen LogP contribution in [0.1, 0.15) is 47.1 Å². The quantitative estimate of drug-likeness (QED) is 0.472. The first kappa shape index (κ1) is 26.2. The third-order valence-corrected chi connectivity index (χ3v) is 6.63. The Morgan fingerprint density at radius 3 is 2.38 bits per heavy atom. The number of likely N-dealkylation sites (N-methyl/N-ethyl adjacent to an activating group) is 1. The van der Waals surface area contributed by atoms with E-state index in [1.54, 1.807) is 18.2 Å². The third-order valence-electron chi connectivity index (χ3n) is 6.63. The van der Waals surface area contributed by atoms with Crippen LogP contribution in [-0.2, 0) is 6.54 Å². The molecule has 0 saturated heterocycles. The highest BCUT2D eigenvalue weighted by Gasteiger charge is 2.34. The summed E-state index contributed by atoms with van der Waals surface area (Å²) < 4.78 is 12.3. The van der Waals surface area contributed by atoms with Crippen molar-refractivity contribution in [3.63, 3.8) is 0 Å². The molecule has 1 aliphatic rings. The Bertz CT molecular complexity index is 1230. The fourth-order valence-electron chi connectivity index (χ4n) is 4.59. The van der Waals surface area contributed by atoms with Gasteiger partial charge >= 0.3 is 0 Å². The van der Waals surface area contributed by atoms with E-state index >= 15 is 0 Å². The van der Waals surface area contributed by atoms with E-state index in [-0.39, 0.29) is 35.3 Å². The molecule has 3 aromatic rings. The van der Waals surface area contributed by atoms with Crippen molar-refractivity contribution in [2.45, 2.75) is 39.5 Å². The molecule has 0 aliphatic carbocycles. The van der Waals surface area contributed by atoms with Gasteiger partial charge < -0.3 is 20.1 Å². The number of carbonyl (C=O) groups is 2. The van der Waals surface area contributed by atoms with E-state index in [4.69, 9.17) is 15.2 Å². The first-order valence-electron chi connectivity index (χ1n) is 12.6. The van der Waals surface area contributed by atoms with Crippen molar-refractivity contribution in [1.82, 2.24) is 9.80 Å². The first-order chi connectivity index (χ1) is 17.7. The zero-order valence-electron chi connectivity index (χ0n) is 21.9. The van der Waals surface area contributed by atoms with Gasteiger partial charge in [-0.3, -0.25) is 14.5 Å². The van der Waals surface area contributed by atoms with Gasteiger partial charge in [-0.1, -0.05) is 43.3 Å². The fraction of sp³-hybridized carbons (Fsp3) is 0.333. The van der Waals surface area contributed by atoms with Crippen molar-refractivity contribution in [3.05, 3.63) is 89.5 Å². The minimum absolute atomic E-state index is 0.00753. The Labute approximate surface area is 218 Å². The minimum atomic E-state index is -0.612. The van der Waals surface area contributed by atoms with Crippen molar-refractivity contribution in [1.29, 1.82) is 0 Å². The Balaban J connectivity index is 1.51. The highest BCUT2D eigenvalue weighted by molar-refractivity contribution is 6.03. The van der Waals surface area contributed by atoms with E-state index < -0.39 is 5.91 Å². The number of primary amides is 1. The number of hydrogen-bond acceptors (Lipinski definition) is 5. The summed E-state index contributed by atoms with van der Waals surface area (Å²) in [6.45, 7) is 7.94. The Kier molecular flexibility index (Phi) is 8.14. The van der Waals surface area contributed by atoms with Gasteiger partial charge in [-0.2, -0.15) is 0 Å². The second-order valence-electron chi connectivity index (χ2n) is 9.99. The molecule has 0 fully saturated rings. The molecule has 194 valence electrons. The molecule has 2 amide bonds. The number of rotatable bonds is 8. The Morgan fingerprint density at radius 1 is 1.05 bits per heavy atom. The van der Waals surface area contributed by atoms with Crippen molar-refractivity contribution >= 4 is 11.8 Å². The van der Waals surface area contributed by atoms with Gasteiger partial charge in [0.25, 0.3) is 11.8 Å². The number of ether oxygens (including phenoxy) is 2. The van der Waals surface area contributed by atoms with Crippen LogP contribution in [0.15, 0.2) is 72.8 Å². The number of benzene rings is 3. The number of hydrogen-bond donors (Lipinski definition) is 1. The smallest absolute Gasteiger partial charge is 0.257 e. The Hall–Kier alpha value is -3.84. The van der Waals surface area contributed by atoms with Gasteiger partial charge in [-0.05, 0) is 62.9 Å². The predicted molar refractivity (Wildman–Crippen MR) is 144 cm³/mol. The van der Waals surface area contributed by atoms with Crippen LogP contribution in [0.2, 0.25) is 0 Å². The topological polar surface area (TPSA) is 85.1 Å². The summed E-state index contributed by atoms with van der Waals surface area (Å²) in [5.74, 6) is 1.13. The third kappa shape index (κ3) is 6.30. The summed E-state index contributed by atoms with van der Waals surface area (Å²) in [5.41, 5.74) is 7.39. The molecule has 4 rings (SSSR count). The molecule has 2 atom stereocenters. The number of amides is 2. The SMILES string of the molecule is CC(C)N1C[C@@H](C)[C@H](CN(C)Cc2ccc(Oc3ccccc3)cc2)Oc2c(C(N)=O)cccc2C1=O. The lowest BCUT2D eigenvalue weighted by Crippen LogP contribution is -2.48. The lowest BCUT2D eigenvalue weighted by atomic mass is 9.98. The molecule has 0 spiro atoms. The highest BCUT2D eigenvalue weighted by atomic mass is 16.5. The fourth-order valence-corrected chi connectivity index (χ4v) is 4.59. The molecule has 0 aromatic heterocycles. The van der Waals surface area contributed by atoms with Crippen LogP contribution in [0, 0.1) is 5.92 Å². The van der Waals surface area contributed by atoms with Crippen LogP contribution >= 0.6 is 0 Å². The lowest BCUT2D eigenvalue weighted by molar-refractivity contribution is 0.0427. The average Bonchev–Trinajstić information content (AvgIpc) is 2.87. The van der Waals surface area contributed by atoms with E-state index in [1.807, 2.05) is 68.3 Å². The maximum absolute atomic E-state index is 13.3. The zero-order valence-corrected chi connectivity index (χ0v) is 21.9. The van der Waals surface area contributed by atoms with Crippen LogP contribution < -0.4 is 15.2 Å². The van der Waals surface area contributed by atoms with E-state index in [0.29, 0.717) is 25.2 Å². The summed E-state index contributed by atoms with van der Waals surface area (Å²) in [6, 6.07) is 22.7. The van der Waals surface area contributed by atoms with Crippen LogP contribution in [0.4, 0.5) is 0 Å². The van der Waals surface area contributed by atoms with Crippen molar-refractivity contribution in [3.8, 4) is 17.2 Å². The summed E-state index contributed by atoms with van der Waals surface area (Å²) in [7, 11) is 2.04. The number of fused-ring (bicyclic) bond motifs is 1. The standard InChI is InChI=1S/C30H35N3O4/c1-20(2)33-17-21(3)27(37-28-25(29(31)34)11-8-12-26(28)30(33)35)19-32(4)18-22-13-15-24(16-14-22)36-23-9-6-5-7-10-23/h5-16,20-21,27H,17-19H2,1-4H3,(H2,31,34)/t21-,27+/m1/s1. The molecule has 0 radical (unpaired) electrons. The van der Waals surface area contributed by atoms with Crippen LogP contribution in [-0.4, -0.2) is 53.9 Å². The molecule has 2 N–H and O–H groups in total. The molecule has 1 heterocycles. The van der Waals surface area contributed by atoms with Gasteiger partial charge in [-0.25, -0.2) is 0 Å². The molecule has 0 bridgehead atoms. The van der Waals surface area contributed by atoms with Crippen molar-refractivity contribution in [2.75, 3.05) is 20.1 Å². The zero-order chi connectivity index (χ0) is 26.5. The van der Waals surface area contributed by atoms with Crippen LogP contribution in [0.3, 0.4) is 0 Å². The lowest BCUT2D eigenvalue weighted by Gasteiger charge is -2.38. The summed E-state index contributed by atoms with van der Waals surface area (Å²) in [5, 5.41) is 0. The highest BCUT2D eigenvalue weighted by Crippen LogP contribution is 2.31. The maximum atomic E-state index is 13.3. The van der Waals surface area contributed by atoms with Gasteiger partial charge in [0.05, 0.1) is 11.1 Å². The number of nitrogens with zero attached hydrogens (tertiary/aromatic N) is 2. The minimum Gasteiger partial charge on any atom is -0.487 e. The monoisotopic (exact) mass is 501 g/mol. The average molecular weight is 502 g/mol. The van der Waals surface area contributed by atoms with Gasteiger partial charge in [0.2, 0.25) is 0 Å². The van der Waals surface area contributed by atoms with Gasteiger partial charge in [0.15, 0.2) is 0 Å². The maximum Gasteiger partial charge on any atom is 0.257 e. The first-order valence-corrected chi connectivity index (χ1v) is 12.6. The molecule has 0 unspecified atom stereocenters. The molecule has 7 heteroatoms. The summed E-state index contributed by atoms with van der Waals surface area (Å²) >= 11 is 0. The van der Waals surface area contributed by atoms with E-state index in [1.165, 1.54) is 0 Å². The number of nitrogens with two attached hydrogens (primary N) is 1. The van der Waals surface area contributed by atoms with Crippen LogP contribution in [0.25, 0.3) is 0 Å². The van der Waals surface area contributed by atoms with E-state index in [2.05, 4.69) is 24.0 Å². The van der Waals surface area contributed by atoms with Gasteiger partial charge in [-0.15, -0.1) is 0 Å². The largest absolute Gasteiger partial charge is 0.487 e. The molecule has 37 heavy (non-hydrogen) atoms. The summed E-state index contributed by atoms with van der Waals surface area (Å²) in [6.07, 6.45) is -0.251. The number of para-hydroxylation sites is 2. The molecule has 0 saturated carbocycles. The van der Waals surface area contributed by atoms with E-state index in [9.17, 15) is 9.59 Å². The second kappa shape index (κ2) is 11.5. The van der Waals surface area contributed by atoms with E-state index in [0.717, 1.165) is 17.1 Å². The van der Waals surface area contributed by atoms with Crippen molar-refractivity contribution < 1.29 is 19.1 Å². The number of carbonyl (C=O) groups excluding carboxylic acids is 2. The molecular weight excluding hydrogens is 466 g/mol. The summed E-state index contributed by atoms with van der Waals surface area (Å²) in [4.78, 5) is 29.5. The molecule has 3 aromatic carbocycles. The van der Waals surface area contributed by atoms with Crippen LogP contribution in [0.5, 0.6) is 17.2 Å². The molecule has 7 nitrogen and oxygen atoms in total. The molecule has 1 aliphatic heterocycles.